The Labute approximate surface area is 145 Å². The normalized spacial score (nSPS) is 12.2. The zero-order valence-electron chi connectivity index (χ0n) is 13.0. The predicted octanol–water partition coefficient (Wildman–Crippen LogP) is 5.53. The van der Waals surface area contributed by atoms with Crippen LogP contribution in [0.2, 0.25) is 5.02 Å². The SMILES string of the molecule is Cc1nnc2cc(-c3ccccc3Cl)c3cc(C(F)(F)F)ccc3n12. The van der Waals surface area contributed by atoms with Gasteiger partial charge in [-0.25, -0.2) is 0 Å². The van der Waals surface area contributed by atoms with Crippen LogP contribution >= 0.6 is 11.6 Å². The van der Waals surface area contributed by atoms with E-state index in [1.54, 1.807) is 41.7 Å². The fourth-order valence-electron chi connectivity index (χ4n) is 3.00. The summed E-state index contributed by atoms with van der Waals surface area (Å²) in [5.41, 5.74) is 1.68. The second kappa shape index (κ2) is 5.46. The number of halogens is 4. The molecule has 0 fully saturated rings. The van der Waals surface area contributed by atoms with E-state index in [0.29, 0.717) is 38.5 Å². The number of alkyl halides is 3. The minimum Gasteiger partial charge on any atom is -0.279 e. The fraction of sp³-hybridized carbons (Fsp3) is 0.111. The van der Waals surface area contributed by atoms with Crippen LogP contribution in [0.5, 0.6) is 0 Å². The summed E-state index contributed by atoms with van der Waals surface area (Å²) in [7, 11) is 0. The highest BCUT2D eigenvalue weighted by Gasteiger charge is 2.31. The molecule has 0 aliphatic heterocycles. The summed E-state index contributed by atoms with van der Waals surface area (Å²) in [6.07, 6.45) is -4.43. The van der Waals surface area contributed by atoms with Crippen LogP contribution in [0, 0.1) is 6.92 Å². The first-order chi connectivity index (χ1) is 11.9. The van der Waals surface area contributed by atoms with E-state index in [4.69, 9.17) is 11.6 Å². The van der Waals surface area contributed by atoms with Crippen LogP contribution in [0.3, 0.4) is 0 Å². The molecule has 4 rings (SSSR count). The van der Waals surface area contributed by atoms with Crippen LogP contribution in [0.1, 0.15) is 11.4 Å². The van der Waals surface area contributed by atoms with Gasteiger partial charge in [0.1, 0.15) is 5.82 Å². The van der Waals surface area contributed by atoms with Gasteiger partial charge in [-0.3, -0.25) is 4.40 Å². The molecule has 2 aromatic carbocycles. The van der Waals surface area contributed by atoms with Gasteiger partial charge in [0.15, 0.2) is 5.65 Å². The van der Waals surface area contributed by atoms with Crippen LogP contribution in [-0.4, -0.2) is 14.6 Å². The molecule has 0 saturated carbocycles. The Morgan fingerprint density at radius 1 is 0.960 bits per heavy atom. The van der Waals surface area contributed by atoms with Crippen LogP contribution < -0.4 is 0 Å². The molecule has 2 aromatic heterocycles. The molecule has 2 heterocycles. The van der Waals surface area contributed by atoms with Gasteiger partial charge in [-0.1, -0.05) is 29.8 Å². The number of hydrogen-bond acceptors (Lipinski definition) is 2. The number of nitrogens with zero attached hydrogens (tertiary/aromatic N) is 3. The highest BCUT2D eigenvalue weighted by atomic mass is 35.5. The predicted molar refractivity (Wildman–Crippen MR) is 90.7 cm³/mol. The lowest BCUT2D eigenvalue weighted by Gasteiger charge is -2.14. The van der Waals surface area contributed by atoms with Crippen molar-refractivity contribution in [3.05, 3.63) is 64.9 Å². The van der Waals surface area contributed by atoms with Gasteiger partial charge in [0.2, 0.25) is 0 Å². The van der Waals surface area contributed by atoms with Crippen molar-refractivity contribution < 1.29 is 13.2 Å². The van der Waals surface area contributed by atoms with Gasteiger partial charge >= 0.3 is 6.18 Å². The summed E-state index contributed by atoms with van der Waals surface area (Å²) >= 11 is 6.28. The lowest BCUT2D eigenvalue weighted by molar-refractivity contribution is -0.137. The molecule has 0 spiro atoms. The Bertz CT molecular complexity index is 1120. The first-order valence-electron chi connectivity index (χ1n) is 7.47. The molecule has 25 heavy (non-hydrogen) atoms. The summed E-state index contributed by atoms with van der Waals surface area (Å²) < 4.78 is 41.3. The number of aryl methyl sites for hydroxylation is 1. The standard InChI is InChI=1S/C18H11ClF3N3/c1-10-23-24-17-9-13(12-4-2-3-5-15(12)19)14-8-11(18(20,21)22)6-7-16(14)25(10)17/h2-9H,1H3. The quantitative estimate of drug-likeness (QED) is 0.446. The van der Waals surface area contributed by atoms with Gasteiger partial charge in [0, 0.05) is 16.0 Å². The number of aromatic nitrogens is 3. The summed E-state index contributed by atoms with van der Waals surface area (Å²) in [5, 5.41) is 9.04. The minimum absolute atomic E-state index is 0.443. The zero-order valence-corrected chi connectivity index (χ0v) is 13.7. The molecule has 0 aliphatic rings. The molecule has 0 amide bonds. The van der Waals surface area contributed by atoms with Gasteiger partial charge in [0.05, 0.1) is 11.1 Å². The largest absolute Gasteiger partial charge is 0.416 e. The van der Waals surface area contributed by atoms with Crippen molar-refractivity contribution in [3.8, 4) is 11.1 Å². The van der Waals surface area contributed by atoms with Crippen LogP contribution in [0.25, 0.3) is 27.7 Å². The molecule has 126 valence electrons. The minimum atomic E-state index is -4.43. The molecule has 7 heteroatoms. The number of fused-ring (bicyclic) bond motifs is 3. The van der Waals surface area contributed by atoms with Crippen molar-refractivity contribution in [3.63, 3.8) is 0 Å². The van der Waals surface area contributed by atoms with Crippen molar-refractivity contribution >= 4 is 28.2 Å². The van der Waals surface area contributed by atoms with Gasteiger partial charge in [0.25, 0.3) is 0 Å². The zero-order chi connectivity index (χ0) is 17.8. The number of benzene rings is 2. The van der Waals surface area contributed by atoms with Crippen molar-refractivity contribution in [2.45, 2.75) is 13.1 Å². The third-order valence-electron chi connectivity index (χ3n) is 4.14. The van der Waals surface area contributed by atoms with Gasteiger partial charge in [-0.2, -0.15) is 13.2 Å². The first-order valence-corrected chi connectivity index (χ1v) is 7.84. The summed E-state index contributed by atoms with van der Waals surface area (Å²) in [6.45, 7) is 1.76. The van der Waals surface area contributed by atoms with Gasteiger partial charge in [-0.05, 0) is 42.8 Å². The monoisotopic (exact) mass is 361 g/mol. The molecular weight excluding hydrogens is 351 g/mol. The maximum Gasteiger partial charge on any atom is 0.416 e. The highest BCUT2D eigenvalue weighted by molar-refractivity contribution is 6.33. The van der Waals surface area contributed by atoms with E-state index < -0.39 is 11.7 Å². The molecule has 0 radical (unpaired) electrons. The molecule has 0 bridgehead atoms. The lowest BCUT2D eigenvalue weighted by atomic mass is 9.99. The third kappa shape index (κ3) is 2.53. The number of pyridine rings is 1. The van der Waals surface area contributed by atoms with Crippen LogP contribution in [0.15, 0.2) is 48.5 Å². The maximum absolute atomic E-state index is 13.2. The molecule has 4 aromatic rings. The second-order valence-corrected chi connectivity index (χ2v) is 6.12. The third-order valence-corrected chi connectivity index (χ3v) is 4.47. The van der Waals surface area contributed by atoms with Gasteiger partial charge in [-0.15, -0.1) is 10.2 Å². The Balaban J connectivity index is 2.17. The average Bonchev–Trinajstić information content (AvgIpc) is 2.94. The summed E-state index contributed by atoms with van der Waals surface area (Å²) in [5.74, 6) is 0.602. The molecule has 0 aliphatic carbocycles. The molecule has 3 nitrogen and oxygen atoms in total. The molecule has 0 saturated heterocycles. The van der Waals surface area contributed by atoms with Crippen molar-refractivity contribution in [1.29, 1.82) is 0 Å². The first kappa shape index (κ1) is 15.9. The fourth-order valence-corrected chi connectivity index (χ4v) is 3.24. The smallest absolute Gasteiger partial charge is 0.279 e. The van der Waals surface area contributed by atoms with E-state index >= 15 is 0 Å². The molecule has 0 N–H and O–H groups in total. The molecular formula is C18H11ClF3N3. The Morgan fingerprint density at radius 3 is 2.44 bits per heavy atom. The molecule has 0 unspecified atom stereocenters. The van der Waals surface area contributed by atoms with Crippen molar-refractivity contribution in [2.75, 3.05) is 0 Å². The maximum atomic E-state index is 13.2. The van der Waals surface area contributed by atoms with E-state index in [2.05, 4.69) is 10.2 Å². The lowest BCUT2D eigenvalue weighted by Crippen LogP contribution is -2.05. The van der Waals surface area contributed by atoms with Gasteiger partial charge < -0.3 is 0 Å². The summed E-state index contributed by atoms with van der Waals surface area (Å²) in [6, 6.07) is 12.4. The average molecular weight is 362 g/mol. The van der Waals surface area contributed by atoms with E-state index in [-0.39, 0.29) is 0 Å². The Morgan fingerprint density at radius 2 is 1.72 bits per heavy atom. The van der Waals surface area contributed by atoms with E-state index in [9.17, 15) is 13.2 Å². The molecule has 0 atom stereocenters. The Hall–Kier alpha value is -2.60. The van der Waals surface area contributed by atoms with Crippen molar-refractivity contribution in [2.24, 2.45) is 0 Å². The van der Waals surface area contributed by atoms with Crippen LogP contribution in [0.4, 0.5) is 13.2 Å². The highest BCUT2D eigenvalue weighted by Crippen LogP contribution is 2.38. The topological polar surface area (TPSA) is 30.2 Å². The van der Waals surface area contributed by atoms with E-state index in [0.717, 1.165) is 12.1 Å². The van der Waals surface area contributed by atoms with Crippen molar-refractivity contribution in [1.82, 2.24) is 14.6 Å². The second-order valence-electron chi connectivity index (χ2n) is 5.71. The number of hydrogen-bond donors (Lipinski definition) is 0. The van der Waals surface area contributed by atoms with E-state index in [1.165, 1.54) is 6.07 Å². The number of rotatable bonds is 1. The van der Waals surface area contributed by atoms with Crippen LogP contribution in [-0.2, 0) is 6.18 Å². The Kier molecular flexibility index (Phi) is 3.47. The van der Waals surface area contributed by atoms with E-state index in [1.807, 2.05) is 0 Å². The summed E-state index contributed by atoms with van der Waals surface area (Å²) in [4.78, 5) is 0.